The Balaban J connectivity index is 3.70. The first-order chi connectivity index (χ1) is 26.6. The van der Waals surface area contributed by atoms with Gasteiger partial charge in [-0.25, -0.2) is 0 Å². The molecule has 0 aromatic rings. The normalized spacial score (nSPS) is 13.9. The number of unbranched alkanes of at least 4 members (excludes halogenated alkanes) is 28. The molecule has 5 nitrogen and oxygen atoms in total. The third kappa shape index (κ3) is 38.6. The highest BCUT2D eigenvalue weighted by molar-refractivity contribution is 5.80. The summed E-state index contributed by atoms with van der Waals surface area (Å²) in [6.45, 7) is 4.15. The standard InChI is InChI=1S/C49H91NO4/c1-3-5-7-9-11-13-15-17-19-21-22-23-24-25-26-27-28-30-31-33-35-37-39-41-43-47(52)46(45-51)50-49(54)48(53)44-42-40-38-36-34-32-29-20-18-16-14-12-10-8-6-4-2/h12,14,18,20,33,35,41,43,46-48,51-53H,3-11,13,15-17,19,21-32,34,36-40,42,44-45H2,1-2H3,(H,50,54)/b14-12-,20-18-,35-33+,43-41+. The van der Waals surface area contributed by atoms with Gasteiger partial charge in [-0.1, -0.05) is 217 Å². The summed E-state index contributed by atoms with van der Waals surface area (Å²) in [5.41, 5.74) is 0. The molecule has 4 N–H and O–H groups in total. The smallest absolute Gasteiger partial charge is 0.249 e. The lowest BCUT2D eigenvalue weighted by molar-refractivity contribution is -0.131. The number of carbonyl (C=O) groups is 1. The van der Waals surface area contributed by atoms with Crippen molar-refractivity contribution in [2.24, 2.45) is 0 Å². The highest BCUT2D eigenvalue weighted by Gasteiger charge is 2.22. The van der Waals surface area contributed by atoms with E-state index in [1.165, 1.54) is 161 Å². The molecule has 316 valence electrons. The van der Waals surface area contributed by atoms with Crippen LogP contribution in [0.2, 0.25) is 0 Å². The van der Waals surface area contributed by atoms with E-state index in [0.29, 0.717) is 6.42 Å². The number of amides is 1. The number of hydrogen-bond donors (Lipinski definition) is 4. The van der Waals surface area contributed by atoms with E-state index in [1.54, 1.807) is 6.08 Å². The van der Waals surface area contributed by atoms with Crippen LogP contribution in [0.5, 0.6) is 0 Å². The first kappa shape index (κ1) is 52.3. The van der Waals surface area contributed by atoms with Crippen LogP contribution < -0.4 is 5.32 Å². The van der Waals surface area contributed by atoms with Gasteiger partial charge in [-0.15, -0.1) is 0 Å². The van der Waals surface area contributed by atoms with Crippen LogP contribution in [0.15, 0.2) is 48.6 Å². The van der Waals surface area contributed by atoms with Crippen LogP contribution in [0, 0.1) is 0 Å². The summed E-state index contributed by atoms with van der Waals surface area (Å²) in [4.78, 5) is 12.5. The van der Waals surface area contributed by atoms with Crippen LogP contribution in [0.1, 0.15) is 232 Å². The summed E-state index contributed by atoms with van der Waals surface area (Å²) in [6, 6.07) is -0.820. The minimum absolute atomic E-state index is 0.381. The minimum Gasteiger partial charge on any atom is -0.394 e. The number of rotatable bonds is 42. The Labute approximate surface area is 336 Å². The molecule has 0 aliphatic heterocycles. The zero-order chi connectivity index (χ0) is 39.4. The van der Waals surface area contributed by atoms with Crippen molar-refractivity contribution in [1.29, 1.82) is 0 Å². The second-order valence-electron chi connectivity index (χ2n) is 16.0. The lowest BCUT2D eigenvalue weighted by Crippen LogP contribution is -2.48. The zero-order valence-corrected chi connectivity index (χ0v) is 35.8. The third-order valence-corrected chi connectivity index (χ3v) is 10.6. The molecule has 0 saturated carbocycles. The molecule has 0 radical (unpaired) electrons. The van der Waals surface area contributed by atoms with Gasteiger partial charge in [-0.2, -0.15) is 0 Å². The highest BCUT2D eigenvalue weighted by Crippen LogP contribution is 2.15. The van der Waals surface area contributed by atoms with Gasteiger partial charge in [0.1, 0.15) is 6.10 Å². The van der Waals surface area contributed by atoms with Gasteiger partial charge in [0.25, 0.3) is 0 Å². The molecule has 0 aliphatic rings. The molecule has 0 aliphatic carbocycles. The van der Waals surface area contributed by atoms with E-state index in [4.69, 9.17) is 0 Å². The molecule has 3 atom stereocenters. The van der Waals surface area contributed by atoms with E-state index < -0.39 is 24.2 Å². The fourth-order valence-corrected chi connectivity index (χ4v) is 6.94. The third-order valence-electron chi connectivity index (χ3n) is 10.6. The molecule has 0 bridgehead atoms. The van der Waals surface area contributed by atoms with Gasteiger partial charge in [0.2, 0.25) is 5.91 Å². The van der Waals surface area contributed by atoms with E-state index >= 15 is 0 Å². The first-order valence-electron chi connectivity index (χ1n) is 23.5. The maximum Gasteiger partial charge on any atom is 0.249 e. The fourth-order valence-electron chi connectivity index (χ4n) is 6.94. The molecule has 54 heavy (non-hydrogen) atoms. The van der Waals surface area contributed by atoms with E-state index in [0.717, 1.165) is 51.4 Å². The van der Waals surface area contributed by atoms with Gasteiger partial charge < -0.3 is 20.6 Å². The summed E-state index contributed by atoms with van der Waals surface area (Å²) in [7, 11) is 0. The van der Waals surface area contributed by atoms with Crippen molar-refractivity contribution in [2.75, 3.05) is 6.61 Å². The van der Waals surface area contributed by atoms with E-state index in [2.05, 4.69) is 55.6 Å². The first-order valence-corrected chi connectivity index (χ1v) is 23.5. The maximum atomic E-state index is 12.5. The molecule has 0 saturated heterocycles. The lowest BCUT2D eigenvalue weighted by Gasteiger charge is -2.21. The van der Waals surface area contributed by atoms with Crippen molar-refractivity contribution in [3.05, 3.63) is 48.6 Å². The van der Waals surface area contributed by atoms with Crippen molar-refractivity contribution >= 4 is 5.91 Å². The Kier molecular flexibility index (Phi) is 42.7. The van der Waals surface area contributed by atoms with Crippen molar-refractivity contribution in [1.82, 2.24) is 5.32 Å². The predicted octanol–water partition coefficient (Wildman–Crippen LogP) is 13.7. The fraction of sp³-hybridized carbons (Fsp3) is 0.816. The average Bonchev–Trinajstić information content (AvgIpc) is 3.18. The quantitative estimate of drug-likeness (QED) is 0.0369. The van der Waals surface area contributed by atoms with Gasteiger partial charge in [-0.3, -0.25) is 4.79 Å². The highest BCUT2D eigenvalue weighted by atomic mass is 16.3. The van der Waals surface area contributed by atoms with E-state index in [9.17, 15) is 20.1 Å². The molecule has 0 rings (SSSR count). The van der Waals surface area contributed by atoms with Gasteiger partial charge in [0.15, 0.2) is 0 Å². The van der Waals surface area contributed by atoms with Crippen molar-refractivity contribution in [3.63, 3.8) is 0 Å². The van der Waals surface area contributed by atoms with Crippen LogP contribution in [0.3, 0.4) is 0 Å². The van der Waals surface area contributed by atoms with Gasteiger partial charge >= 0.3 is 0 Å². The van der Waals surface area contributed by atoms with E-state index in [1.807, 2.05) is 6.08 Å². The maximum absolute atomic E-state index is 12.5. The topological polar surface area (TPSA) is 89.8 Å². The predicted molar refractivity (Wildman–Crippen MR) is 236 cm³/mol. The molecule has 3 unspecified atom stereocenters. The number of carbonyl (C=O) groups excluding carboxylic acids is 1. The van der Waals surface area contributed by atoms with E-state index in [-0.39, 0.29) is 6.61 Å². The van der Waals surface area contributed by atoms with Crippen LogP contribution >= 0.6 is 0 Å². The zero-order valence-electron chi connectivity index (χ0n) is 35.8. The summed E-state index contributed by atoms with van der Waals surface area (Å²) in [5.74, 6) is -0.522. The van der Waals surface area contributed by atoms with Crippen molar-refractivity contribution < 1.29 is 20.1 Å². The van der Waals surface area contributed by atoms with Gasteiger partial charge in [0.05, 0.1) is 18.8 Å². The number of hydrogen-bond acceptors (Lipinski definition) is 4. The molecule has 0 aromatic heterocycles. The molecule has 0 fully saturated rings. The Morgan fingerprint density at radius 1 is 0.463 bits per heavy atom. The minimum atomic E-state index is -1.12. The largest absolute Gasteiger partial charge is 0.394 e. The van der Waals surface area contributed by atoms with Crippen LogP contribution in [0.25, 0.3) is 0 Å². The molecule has 0 heterocycles. The SMILES string of the molecule is CCCCC/C=C\C/C=C\CCCCCCCCC(O)C(=O)NC(CO)C(O)/C=C/CC/C=C/CCCCCCCCCCCCCCCCCCCC. The molecule has 5 heteroatoms. The monoisotopic (exact) mass is 758 g/mol. The van der Waals surface area contributed by atoms with Gasteiger partial charge in [0, 0.05) is 0 Å². The van der Waals surface area contributed by atoms with Gasteiger partial charge in [-0.05, 0) is 64.2 Å². The molecule has 0 spiro atoms. The summed E-state index contributed by atoms with van der Waals surface area (Å²) in [5, 5.41) is 33.1. The van der Waals surface area contributed by atoms with Crippen LogP contribution in [-0.4, -0.2) is 46.1 Å². The second kappa shape index (κ2) is 44.0. The number of allylic oxidation sites excluding steroid dienone is 7. The Hall–Kier alpha value is -1.69. The second-order valence-corrected chi connectivity index (χ2v) is 16.0. The number of aliphatic hydroxyl groups excluding tert-OH is 3. The summed E-state index contributed by atoms with van der Waals surface area (Å²) >= 11 is 0. The molecule has 1 amide bonds. The number of nitrogens with one attached hydrogen (secondary N) is 1. The molecular formula is C49H91NO4. The van der Waals surface area contributed by atoms with Crippen LogP contribution in [-0.2, 0) is 4.79 Å². The lowest BCUT2D eigenvalue weighted by atomic mass is 10.0. The Morgan fingerprint density at radius 3 is 1.28 bits per heavy atom. The Bertz CT molecular complexity index is 881. The van der Waals surface area contributed by atoms with Crippen LogP contribution in [0.4, 0.5) is 0 Å². The number of aliphatic hydroxyl groups is 3. The molecular weight excluding hydrogens is 667 g/mol. The summed E-state index contributed by atoms with van der Waals surface area (Å²) in [6.07, 6.45) is 57.3. The van der Waals surface area contributed by atoms with Crippen molar-refractivity contribution in [2.45, 2.75) is 250 Å². The summed E-state index contributed by atoms with van der Waals surface area (Å²) < 4.78 is 0. The molecule has 0 aromatic carbocycles. The average molecular weight is 758 g/mol. The Morgan fingerprint density at radius 2 is 0.815 bits per heavy atom. The van der Waals surface area contributed by atoms with Crippen molar-refractivity contribution in [3.8, 4) is 0 Å².